The smallest absolute Gasteiger partial charge is 0.258 e. The van der Waals surface area contributed by atoms with Gasteiger partial charge in [-0.1, -0.05) is 36.4 Å². The van der Waals surface area contributed by atoms with E-state index in [2.05, 4.69) is 11.4 Å². The molecule has 2 fully saturated rings. The summed E-state index contributed by atoms with van der Waals surface area (Å²) >= 11 is 0. The zero-order valence-electron chi connectivity index (χ0n) is 20.6. The second-order valence-electron chi connectivity index (χ2n) is 10.8. The van der Waals surface area contributed by atoms with Crippen LogP contribution in [0.15, 0.2) is 53.3 Å². The fourth-order valence-corrected chi connectivity index (χ4v) is 6.54. The highest BCUT2D eigenvalue weighted by atomic mass is 16.3. The molecule has 4 aliphatic rings. The van der Waals surface area contributed by atoms with Crippen molar-refractivity contribution in [1.82, 2.24) is 14.8 Å². The number of benzene rings is 1. The first kappa shape index (κ1) is 23.2. The molecule has 1 aromatic heterocycles. The van der Waals surface area contributed by atoms with Crippen LogP contribution < -0.4 is 10.9 Å². The van der Waals surface area contributed by atoms with E-state index in [0.29, 0.717) is 12.2 Å². The first-order valence-electron chi connectivity index (χ1n) is 13.2. The Bertz CT molecular complexity index is 1280. The predicted molar refractivity (Wildman–Crippen MR) is 136 cm³/mol. The van der Waals surface area contributed by atoms with Gasteiger partial charge in [-0.3, -0.25) is 14.4 Å². The molecule has 188 valence electrons. The molecule has 2 amide bonds. The van der Waals surface area contributed by atoms with Crippen molar-refractivity contribution in [3.8, 4) is 0 Å². The van der Waals surface area contributed by atoms with Gasteiger partial charge in [0.2, 0.25) is 11.8 Å². The lowest BCUT2D eigenvalue weighted by Gasteiger charge is -2.38. The van der Waals surface area contributed by atoms with Gasteiger partial charge in [0.15, 0.2) is 0 Å². The van der Waals surface area contributed by atoms with Crippen LogP contribution in [0.4, 0.5) is 0 Å². The summed E-state index contributed by atoms with van der Waals surface area (Å²) < 4.78 is 1.77. The molecule has 7 nitrogen and oxygen atoms in total. The summed E-state index contributed by atoms with van der Waals surface area (Å²) in [6.45, 7) is 2.04. The van der Waals surface area contributed by atoms with Gasteiger partial charge in [-0.25, -0.2) is 0 Å². The van der Waals surface area contributed by atoms with E-state index in [1.54, 1.807) is 4.57 Å². The van der Waals surface area contributed by atoms with Crippen LogP contribution >= 0.6 is 0 Å². The summed E-state index contributed by atoms with van der Waals surface area (Å²) in [7, 11) is 0. The van der Waals surface area contributed by atoms with Crippen LogP contribution in [-0.2, 0) is 16.1 Å². The van der Waals surface area contributed by atoms with Gasteiger partial charge < -0.3 is 19.9 Å². The van der Waals surface area contributed by atoms with Crippen LogP contribution in [0, 0.1) is 17.8 Å². The molecule has 7 heteroatoms. The second-order valence-corrected chi connectivity index (χ2v) is 10.8. The fraction of sp³-hybridized carbons (Fsp3) is 0.483. The number of hydrogen-bond acceptors (Lipinski definition) is 4. The molecule has 36 heavy (non-hydrogen) atoms. The molecule has 1 aromatic carbocycles. The number of pyridine rings is 1. The quantitative estimate of drug-likeness (QED) is 0.655. The maximum Gasteiger partial charge on any atom is 0.258 e. The molecule has 0 radical (unpaired) electrons. The van der Waals surface area contributed by atoms with Crippen molar-refractivity contribution >= 4 is 17.4 Å². The summed E-state index contributed by atoms with van der Waals surface area (Å²) in [5.41, 5.74) is 3.45. The number of aliphatic hydroxyl groups is 1. The van der Waals surface area contributed by atoms with Gasteiger partial charge in [0.05, 0.1) is 24.0 Å². The van der Waals surface area contributed by atoms with Crippen molar-refractivity contribution < 1.29 is 14.7 Å². The summed E-state index contributed by atoms with van der Waals surface area (Å²) in [4.78, 5) is 42.8. The lowest BCUT2D eigenvalue weighted by molar-refractivity contribution is -0.138. The Labute approximate surface area is 210 Å². The average molecular weight is 488 g/mol. The minimum atomic E-state index is -0.626. The van der Waals surface area contributed by atoms with Crippen LogP contribution in [0.5, 0.6) is 0 Å². The van der Waals surface area contributed by atoms with Gasteiger partial charge in [-0.05, 0) is 62.3 Å². The normalized spacial score (nSPS) is 27.4. The number of nitrogens with one attached hydrogen (secondary N) is 1. The molecule has 1 saturated carbocycles. The monoisotopic (exact) mass is 487 g/mol. The first-order valence-corrected chi connectivity index (χ1v) is 13.2. The molecular weight excluding hydrogens is 454 g/mol. The van der Waals surface area contributed by atoms with E-state index in [4.69, 9.17) is 0 Å². The lowest BCUT2D eigenvalue weighted by atomic mass is 9.86. The van der Waals surface area contributed by atoms with E-state index in [1.807, 2.05) is 54.3 Å². The van der Waals surface area contributed by atoms with Crippen LogP contribution in [-0.4, -0.2) is 39.0 Å². The van der Waals surface area contributed by atoms with Gasteiger partial charge in [0.25, 0.3) is 5.56 Å². The Morgan fingerprint density at radius 1 is 1.14 bits per heavy atom. The van der Waals surface area contributed by atoms with Gasteiger partial charge in [0.1, 0.15) is 0 Å². The number of carbonyl (C=O) groups excluding carboxylic acids is 2. The summed E-state index contributed by atoms with van der Waals surface area (Å²) in [5, 5.41) is 13.6. The third-order valence-corrected chi connectivity index (χ3v) is 8.57. The summed E-state index contributed by atoms with van der Waals surface area (Å²) in [6, 6.07) is 12.4. The van der Waals surface area contributed by atoms with E-state index >= 15 is 0 Å². The van der Waals surface area contributed by atoms with Crippen molar-refractivity contribution in [2.24, 2.45) is 17.8 Å². The van der Waals surface area contributed by atoms with E-state index in [9.17, 15) is 19.5 Å². The minimum absolute atomic E-state index is 0.0133. The molecule has 0 unspecified atom stereocenters. The van der Waals surface area contributed by atoms with Crippen molar-refractivity contribution in [3.05, 3.63) is 75.7 Å². The predicted octanol–water partition coefficient (Wildman–Crippen LogP) is 3.19. The van der Waals surface area contributed by atoms with Gasteiger partial charge in [0, 0.05) is 36.2 Å². The SMILES string of the molecule is C[C@@H](NC(=O)[C@H]1[C@H](CO)[C@H]2Cn3c(ccc(C4=CCCC4)c3=O)[C@@H]1N2C(=O)C1CC1)c1ccccc1. The molecule has 2 aliphatic heterocycles. The fourth-order valence-electron chi connectivity index (χ4n) is 6.54. The van der Waals surface area contributed by atoms with Crippen molar-refractivity contribution in [3.63, 3.8) is 0 Å². The van der Waals surface area contributed by atoms with Gasteiger partial charge in [-0.15, -0.1) is 0 Å². The van der Waals surface area contributed by atoms with Crippen molar-refractivity contribution in [1.29, 1.82) is 0 Å². The topological polar surface area (TPSA) is 91.6 Å². The van der Waals surface area contributed by atoms with Crippen LogP contribution in [0.1, 0.15) is 67.9 Å². The molecule has 0 spiro atoms. The Balaban J connectivity index is 1.40. The Hall–Kier alpha value is -3.19. The highest BCUT2D eigenvalue weighted by Crippen LogP contribution is 2.50. The average Bonchev–Trinajstić information content (AvgIpc) is 3.54. The van der Waals surface area contributed by atoms with Gasteiger partial charge in [-0.2, -0.15) is 0 Å². The third kappa shape index (κ3) is 3.72. The number of aliphatic hydroxyl groups excluding tert-OH is 1. The Morgan fingerprint density at radius 2 is 1.92 bits per heavy atom. The third-order valence-electron chi connectivity index (χ3n) is 8.57. The Kier molecular flexibility index (Phi) is 5.83. The number of amides is 2. The highest BCUT2D eigenvalue weighted by molar-refractivity contribution is 5.86. The molecule has 2 bridgehead atoms. The molecule has 2 aromatic rings. The number of rotatable bonds is 6. The van der Waals surface area contributed by atoms with E-state index < -0.39 is 17.9 Å². The first-order chi connectivity index (χ1) is 17.5. The molecular formula is C29H33N3O4. The maximum absolute atomic E-state index is 13.8. The molecule has 1 saturated heterocycles. The van der Waals surface area contributed by atoms with E-state index in [1.165, 1.54) is 0 Å². The van der Waals surface area contributed by atoms with Gasteiger partial charge >= 0.3 is 0 Å². The summed E-state index contributed by atoms with van der Waals surface area (Å²) in [6.07, 6.45) is 6.80. The zero-order valence-corrected chi connectivity index (χ0v) is 20.6. The van der Waals surface area contributed by atoms with Crippen LogP contribution in [0.25, 0.3) is 5.57 Å². The van der Waals surface area contributed by atoms with Crippen molar-refractivity contribution in [2.75, 3.05) is 6.61 Å². The lowest BCUT2D eigenvalue weighted by Crippen LogP contribution is -2.50. The molecule has 5 atom stereocenters. The number of carbonyl (C=O) groups is 2. The number of hydrogen-bond donors (Lipinski definition) is 2. The highest BCUT2D eigenvalue weighted by Gasteiger charge is 2.58. The zero-order chi connectivity index (χ0) is 25.0. The molecule has 2 N–H and O–H groups in total. The largest absolute Gasteiger partial charge is 0.396 e. The number of nitrogens with zero attached hydrogens (tertiary/aromatic N) is 2. The number of aromatic nitrogens is 1. The van der Waals surface area contributed by atoms with Crippen LogP contribution in [0.3, 0.4) is 0 Å². The summed E-state index contributed by atoms with van der Waals surface area (Å²) in [5.74, 6) is -1.21. The number of allylic oxidation sites excluding steroid dienone is 2. The standard InChI is InChI=1S/C29H33N3O4/c1-17(18-7-3-2-4-8-18)30-27(34)25-22(16-33)24-15-31-23(26(25)32(24)28(35)20-11-12-20)14-13-21(29(31)36)19-9-5-6-10-19/h2-4,7-9,13-14,17,20,22,24-26,33H,5-6,10-12,15-16H2,1H3,(H,30,34)/t17-,22-,24-,25+,26+/m1/s1. The minimum Gasteiger partial charge on any atom is -0.396 e. The van der Waals surface area contributed by atoms with Crippen LogP contribution in [0.2, 0.25) is 0 Å². The van der Waals surface area contributed by atoms with E-state index in [0.717, 1.165) is 48.8 Å². The molecule has 3 heterocycles. The van der Waals surface area contributed by atoms with E-state index in [-0.39, 0.29) is 42.0 Å². The van der Waals surface area contributed by atoms with Crippen molar-refractivity contribution in [2.45, 2.75) is 63.7 Å². The maximum atomic E-state index is 13.8. The molecule has 6 rings (SSSR count). The second kappa shape index (κ2) is 9.04. The Morgan fingerprint density at radius 3 is 2.58 bits per heavy atom. The molecule has 2 aliphatic carbocycles. The number of fused-ring (bicyclic) bond motifs is 4.